The van der Waals surface area contributed by atoms with E-state index < -0.39 is 30.0 Å². The number of rotatable bonds is 7. The fraction of sp³-hybridized carbons (Fsp3) is 0.167. The number of nitrogens with zero attached hydrogens (tertiary/aromatic N) is 1. The van der Waals surface area contributed by atoms with Gasteiger partial charge in [-0.25, -0.2) is 4.79 Å². The summed E-state index contributed by atoms with van der Waals surface area (Å²) in [5.74, 6) is -0.561. The van der Waals surface area contributed by atoms with Crippen molar-refractivity contribution in [3.05, 3.63) is 107 Å². The summed E-state index contributed by atoms with van der Waals surface area (Å²) in [7, 11) is 1.51. The maximum absolute atomic E-state index is 12.7. The van der Waals surface area contributed by atoms with Crippen LogP contribution in [0.1, 0.15) is 17.0 Å². The highest BCUT2D eigenvalue weighted by atomic mass is 35.5. The number of alkyl halides is 3. The van der Waals surface area contributed by atoms with Gasteiger partial charge in [-0.15, -0.1) is 13.2 Å². The number of hydrogen-bond donors (Lipinski definition) is 1. The van der Waals surface area contributed by atoms with Crippen molar-refractivity contribution >= 4 is 28.9 Å². The van der Waals surface area contributed by atoms with E-state index in [2.05, 4.69) is 4.74 Å². The maximum Gasteiger partial charge on any atom is 0.573 e. The fourth-order valence-electron chi connectivity index (χ4n) is 4.92. The zero-order chi connectivity index (χ0) is 28.4. The van der Waals surface area contributed by atoms with Crippen LogP contribution in [-0.4, -0.2) is 30.6 Å². The summed E-state index contributed by atoms with van der Waals surface area (Å²) in [6.45, 7) is 0. The topological polar surface area (TPSA) is 68.2 Å². The molecule has 2 atom stereocenters. The molecule has 0 saturated carbocycles. The van der Waals surface area contributed by atoms with Gasteiger partial charge in [-0.1, -0.05) is 48.0 Å². The summed E-state index contributed by atoms with van der Waals surface area (Å²) in [6.07, 6.45) is -4.39. The number of anilines is 2. The molecular formula is C30H23ClF3NO5. The van der Waals surface area contributed by atoms with Crippen LogP contribution in [0.4, 0.5) is 24.5 Å². The highest BCUT2D eigenvalue weighted by Crippen LogP contribution is 2.44. The Kier molecular flexibility index (Phi) is 7.49. The minimum absolute atomic E-state index is 0.325. The number of carbonyl (C=O) groups is 1. The lowest BCUT2D eigenvalue weighted by Crippen LogP contribution is -2.46. The van der Waals surface area contributed by atoms with Crippen molar-refractivity contribution in [1.29, 1.82) is 0 Å². The number of carboxylic acids is 1. The number of methoxy groups -OCH3 is 1. The molecule has 1 N–H and O–H groups in total. The molecule has 4 aromatic rings. The molecule has 10 heteroatoms. The van der Waals surface area contributed by atoms with Crippen molar-refractivity contribution in [3.63, 3.8) is 0 Å². The molecule has 206 valence electrons. The number of benzene rings is 4. The largest absolute Gasteiger partial charge is 0.573 e. The van der Waals surface area contributed by atoms with E-state index in [1.54, 1.807) is 59.5 Å². The summed E-state index contributed by atoms with van der Waals surface area (Å²) in [5.41, 5.74) is 2.76. The van der Waals surface area contributed by atoms with Crippen LogP contribution in [0.3, 0.4) is 0 Å². The Bertz CT molecular complexity index is 1510. The highest BCUT2D eigenvalue weighted by molar-refractivity contribution is 6.33. The lowest BCUT2D eigenvalue weighted by molar-refractivity contribution is -0.274. The van der Waals surface area contributed by atoms with Crippen molar-refractivity contribution < 1.29 is 37.3 Å². The molecule has 0 bridgehead atoms. The number of aliphatic carboxylic acids is 1. The molecule has 0 aliphatic carbocycles. The molecule has 0 fully saturated rings. The Morgan fingerprint density at radius 3 is 2.20 bits per heavy atom. The molecule has 40 heavy (non-hydrogen) atoms. The predicted octanol–water partition coefficient (Wildman–Crippen LogP) is 7.97. The van der Waals surface area contributed by atoms with Crippen molar-refractivity contribution in [1.82, 2.24) is 0 Å². The monoisotopic (exact) mass is 569 g/mol. The third kappa shape index (κ3) is 5.65. The van der Waals surface area contributed by atoms with E-state index >= 15 is 0 Å². The van der Waals surface area contributed by atoms with Gasteiger partial charge in [0.25, 0.3) is 0 Å². The highest BCUT2D eigenvalue weighted by Gasteiger charge is 2.41. The van der Waals surface area contributed by atoms with Gasteiger partial charge in [0.2, 0.25) is 0 Å². The number of halogens is 4. The second-order valence-electron chi connectivity index (χ2n) is 9.08. The second-order valence-corrected chi connectivity index (χ2v) is 9.46. The lowest BCUT2D eigenvalue weighted by atomic mass is 9.80. The molecule has 1 heterocycles. The van der Waals surface area contributed by atoms with Crippen LogP contribution in [0.25, 0.3) is 0 Å². The summed E-state index contributed by atoms with van der Waals surface area (Å²) < 4.78 is 53.2. The maximum atomic E-state index is 12.7. The third-order valence-corrected chi connectivity index (χ3v) is 7.01. The summed E-state index contributed by atoms with van der Waals surface area (Å²) >= 11 is 6.34. The van der Waals surface area contributed by atoms with Crippen molar-refractivity contribution in [2.24, 2.45) is 0 Å². The van der Waals surface area contributed by atoms with Crippen LogP contribution < -0.4 is 19.1 Å². The van der Waals surface area contributed by atoms with Crippen molar-refractivity contribution in [3.8, 4) is 23.0 Å². The van der Waals surface area contributed by atoms with Gasteiger partial charge in [0.05, 0.1) is 7.11 Å². The molecule has 0 radical (unpaired) electrons. The van der Waals surface area contributed by atoms with E-state index in [1.807, 2.05) is 12.1 Å². The number of hydrogen-bond acceptors (Lipinski definition) is 5. The minimum Gasteiger partial charge on any atom is -0.495 e. The predicted molar refractivity (Wildman–Crippen MR) is 144 cm³/mol. The van der Waals surface area contributed by atoms with Gasteiger partial charge in [0, 0.05) is 17.3 Å². The molecule has 1 aliphatic rings. The lowest BCUT2D eigenvalue weighted by Gasteiger charge is -2.41. The SMILES string of the molecule is COc1cccc(Oc2ccc(C3Cc4ccccc4N(c4ccc(OC(F)(F)F)cc4)C3C(=O)O)cc2)c1Cl. The molecule has 1 aliphatic heterocycles. The molecule has 0 amide bonds. The molecule has 0 saturated heterocycles. The van der Waals surface area contributed by atoms with Gasteiger partial charge in [0.15, 0.2) is 0 Å². The van der Waals surface area contributed by atoms with Gasteiger partial charge in [-0.3, -0.25) is 0 Å². The Morgan fingerprint density at radius 1 is 0.900 bits per heavy atom. The standard InChI is InChI=1S/C30H23ClF3NO5/c1-38-25-7-4-8-26(27(25)31)39-21-13-9-18(10-14-21)23-17-19-5-2-3-6-24(19)35(28(23)29(36)37)20-11-15-22(16-12-20)40-30(32,33)34/h2-16,23,28H,17H2,1H3,(H,36,37). The zero-order valence-electron chi connectivity index (χ0n) is 21.1. The number of ether oxygens (including phenoxy) is 3. The van der Waals surface area contributed by atoms with Gasteiger partial charge >= 0.3 is 12.3 Å². The summed E-state index contributed by atoms with van der Waals surface area (Å²) in [6, 6.07) is 23.8. The van der Waals surface area contributed by atoms with E-state index in [9.17, 15) is 23.1 Å². The van der Waals surface area contributed by atoms with Gasteiger partial charge in [-0.05, 0) is 72.1 Å². The normalized spacial score (nSPS) is 16.7. The smallest absolute Gasteiger partial charge is 0.495 e. The summed E-state index contributed by atoms with van der Waals surface area (Å²) in [4.78, 5) is 14.4. The Morgan fingerprint density at radius 2 is 1.55 bits per heavy atom. The molecule has 6 nitrogen and oxygen atoms in total. The van der Waals surface area contributed by atoms with Crippen LogP contribution in [0, 0.1) is 0 Å². The molecule has 2 unspecified atom stereocenters. The Hall–Kier alpha value is -4.37. The zero-order valence-corrected chi connectivity index (χ0v) is 21.8. The van der Waals surface area contributed by atoms with E-state index in [1.165, 1.54) is 31.4 Å². The first-order valence-electron chi connectivity index (χ1n) is 12.2. The number of para-hydroxylation sites is 1. The van der Waals surface area contributed by atoms with Gasteiger partial charge < -0.3 is 24.2 Å². The average molecular weight is 570 g/mol. The van der Waals surface area contributed by atoms with Crippen molar-refractivity contribution in [2.75, 3.05) is 12.0 Å². The van der Waals surface area contributed by atoms with Crippen LogP contribution in [0.5, 0.6) is 23.0 Å². The van der Waals surface area contributed by atoms with Gasteiger partial charge in [0.1, 0.15) is 34.1 Å². The van der Waals surface area contributed by atoms with Crippen LogP contribution in [-0.2, 0) is 11.2 Å². The Balaban J connectivity index is 1.48. The molecule has 0 spiro atoms. The van der Waals surface area contributed by atoms with E-state index in [4.69, 9.17) is 21.1 Å². The first-order chi connectivity index (χ1) is 19.1. The van der Waals surface area contributed by atoms with E-state index in [0.29, 0.717) is 40.1 Å². The van der Waals surface area contributed by atoms with Crippen LogP contribution in [0.2, 0.25) is 5.02 Å². The number of carboxylic acid groups (broad SMARTS) is 1. The molecular weight excluding hydrogens is 547 g/mol. The van der Waals surface area contributed by atoms with E-state index in [0.717, 1.165) is 11.1 Å². The second kappa shape index (κ2) is 11.0. The van der Waals surface area contributed by atoms with Gasteiger partial charge in [-0.2, -0.15) is 0 Å². The first-order valence-corrected chi connectivity index (χ1v) is 12.6. The third-order valence-electron chi connectivity index (χ3n) is 6.64. The molecule has 4 aromatic carbocycles. The first kappa shape index (κ1) is 27.2. The van der Waals surface area contributed by atoms with Crippen LogP contribution in [0.15, 0.2) is 91.0 Å². The van der Waals surface area contributed by atoms with Crippen LogP contribution >= 0.6 is 11.6 Å². The average Bonchev–Trinajstić information content (AvgIpc) is 2.93. The molecule has 5 rings (SSSR count). The Labute approximate surface area is 233 Å². The number of fused-ring (bicyclic) bond motifs is 1. The fourth-order valence-corrected chi connectivity index (χ4v) is 5.17. The quantitative estimate of drug-likeness (QED) is 0.243. The van der Waals surface area contributed by atoms with E-state index in [-0.39, 0.29) is 0 Å². The molecule has 0 aromatic heterocycles. The minimum atomic E-state index is -4.83. The summed E-state index contributed by atoms with van der Waals surface area (Å²) in [5, 5.41) is 10.7. The van der Waals surface area contributed by atoms with Crippen molar-refractivity contribution in [2.45, 2.75) is 24.7 Å².